The lowest BCUT2D eigenvalue weighted by molar-refractivity contribution is 0.00578. The third-order valence-electron chi connectivity index (χ3n) is 4.97. The summed E-state index contributed by atoms with van der Waals surface area (Å²) in [6.07, 6.45) is -0.329. The lowest BCUT2D eigenvalue weighted by Gasteiger charge is -2.32. The van der Waals surface area contributed by atoms with Crippen LogP contribution in [0.1, 0.15) is 59.6 Å². The van der Waals surface area contributed by atoms with Crippen molar-refractivity contribution in [3.05, 3.63) is 29.3 Å². The van der Waals surface area contributed by atoms with Gasteiger partial charge < -0.3 is 18.9 Å². The van der Waals surface area contributed by atoms with Gasteiger partial charge in [-0.15, -0.1) is 0 Å². The molecule has 1 aromatic rings. The van der Waals surface area contributed by atoms with Gasteiger partial charge >= 0.3 is 13.2 Å². The second kappa shape index (κ2) is 6.89. The molecule has 0 atom stereocenters. The zero-order valence-corrected chi connectivity index (χ0v) is 17.6. The molecule has 1 heterocycles. The number of rotatable bonds is 3. The largest absolute Gasteiger partial charge is 0.495 e. The van der Waals surface area contributed by atoms with Crippen molar-refractivity contribution in [2.75, 3.05) is 7.05 Å². The summed E-state index contributed by atoms with van der Waals surface area (Å²) >= 11 is 0. The fourth-order valence-corrected chi connectivity index (χ4v) is 2.75. The topological polar surface area (TPSA) is 48.0 Å². The number of aryl methyl sites for hydroxylation is 1. The van der Waals surface area contributed by atoms with E-state index < -0.39 is 5.60 Å². The molecule has 0 aromatic heterocycles. The molecule has 1 aliphatic rings. The fourth-order valence-electron chi connectivity index (χ4n) is 2.75. The van der Waals surface area contributed by atoms with Crippen molar-refractivity contribution >= 4 is 18.7 Å². The van der Waals surface area contributed by atoms with Crippen LogP contribution in [0, 0.1) is 6.92 Å². The fraction of sp³-hybridized carbons (Fsp3) is 0.650. The number of hydrogen-bond acceptors (Lipinski definition) is 4. The van der Waals surface area contributed by atoms with Gasteiger partial charge in [-0.2, -0.15) is 0 Å². The van der Waals surface area contributed by atoms with E-state index >= 15 is 0 Å². The van der Waals surface area contributed by atoms with Crippen molar-refractivity contribution in [1.82, 2.24) is 4.90 Å². The first-order chi connectivity index (χ1) is 11.7. The molecule has 0 bridgehead atoms. The average Bonchev–Trinajstić information content (AvgIpc) is 2.65. The van der Waals surface area contributed by atoms with E-state index in [9.17, 15) is 4.79 Å². The maximum Gasteiger partial charge on any atom is 0.495 e. The molecule has 2 rings (SSSR count). The van der Waals surface area contributed by atoms with Crippen LogP contribution in [0.15, 0.2) is 18.2 Å². The minimum Gasteiger partial charge on any atom is -0.444 e. The summed E-state index contributed by atoms with van der Waals surface area (Å²) in [7, 11) is 1.36. The standard InChI is InChI=1S/C20H32BNO4/c1-14-12-15(13-22(9)17(23)24-18(2,3)4)10-11-16(14)21-25-19(5,6)20(7,8)26-21/h10-12H,13H2,1-9H3. The lowest BCUT2D eigenvalue weighted by atomic mass is 9.76. The lowest BCUT2D eigenvalue weighted by Crippen LogP contribution is -2.41. The summed E-state index contributed by atoms with van der Waals surface area (Å²) in [6, 6.07) is 6.10. The number of ether oxygens (including phenoxy) is 1. The highest BCUT2D eigenvalue weighted by Gasteiger charge is 2.52. The van der Waals surface area contributed by atoms with Gasteiger partial charge in [0, 0.05) is 13.6 Å². The van der Waals surface area contributed by atoms with Gasteiger partial charge in [0.05, 0.1) is 11.2 Å². The maximum atomic E-state index is 12.1. The highest BCUT2D eigenvalue weighted by atomic mass is 16.7. The molecule has 0 aliphatic carbocycles. The molecule has 0 N–H and O–H groups in total. The van der Waals surface area contributed by atoms with Crippen LogP contribution in [-0.2, 0) is 20.6 Å². The van der Waals surface area contributed by atoms with Gasteiger partial charge in [0.2, 0.25) is 0 Å². The summed E-state index contributed by atoms with van der Waals surface area (Å²) in [4.78, 5) is 13.7. The van der Waals surface area contributed by atoms with Gasteiger partial charge in [0.1, 0.15) is 5.60 Å². The first-order valence-corrected chi connectivity index (χ1v) is 9.11. The molecule has 1 aliphatic heterocycles. The predicted octanol–water partition coefficient (Wildman–Crippen LogP) is 3.66. The zero-order valence-electron chi connectivity index (χ0n) is 17.6. The molecule has 0 unspecified atom stereocenters. The van der Waals surface area contributed by atoms with Crippen molar-refractivity contribution in [1.29, 1.82) is 0 Å². The van der Waals surface area contributed by atoms with E-state index in [0.717, 1.165) is 16.6 Å². The second-order valence-electron chi connectivity index (χ2n) is 9.12. The highest BCUT2D eigenvalue weighted by Crippen LogP contribution is 2.36. The molecule has 0 saturated carbocycles. The highest BCUT2D eigenvalue weighted by molar-refractivity contribution is 6.62. The van der Waals surface area contributed by atoms with E-state index in [0.29, 0.717) is 6.54 Å². The Morgan fingerprint density at radius 1 is 1.15 bits per heavy atom. The first kappa shape index (κ1) is 20.8. The van der Waals surface area contributed by atoms with Crippen LogP contribution in [-0.4, -0.2) is 42.0 Å². The normalized spacial score (nSPS) is 18.7. The van der Waals surface area contributed by atoms with Crippen LogP contribution in [0.5, 0.6) is 0 Å². The quantitative estimate of drug-likeness (QED) is 0.771. The van der Waals surface area contributed by atoms with Crippen molar-refractivity contribution in [3.8, 4) is 0 Å². The van der Waals surface area contributed by atoms with Crippen molar-refractivity contribution in [2.45, 2.75) is 78.7 Å². The minimum atomic E-state index is -0.498. The number of benzene rings is 1. The maximum absolute atomic E-state index is 12.1. The van der Waals surface area contributed by atoms with Crippen molar-refractivity contribution in [3.63, 3.8) is 0 Å². The SMILES string of the molecule is Cc1cc(CN(C)C(=O)OC(C)(C)C)ccc1B1OC(C)(C)C(C)(C)O1. The van der Waals surface area contributed by atoms with Gasteiger partial charge in [-0.1, -0.05) is 23.8 Å². The van der Waals surface area contributed by atoms with Gasteiger partial charge in [-0.05, 0) is 66.4 Å². The van der Waals surface area contributed by atoms with Crippen LogP contribution in [0.25, 0.3) is 0 Å². The Morgan fingerprint density at radius 2 is 1.69 bits per heavy atom. The summed E-state index contributed by atoms with van der Waals surface area (Å²) in [5.74, 6) is 0. The van der Waals surface area contributed by atoms with E-state index in [4.69, 9.17) is 14.0 Å². The third kappa shape index (κ3) is 4.60. The van der Waals surface area contributed by atoms with Crippen LogP contribution >= 0.6 is 0 Å². The Bertz CT molecular complexity index is 663. The third-order valence-corrected chi connectivity index (χ3v) is 4.97. The molecular weight excluding hydrogens is 329 g/mol. The summed E-state index contributed by atoms with van der Waals surface area (Å²) < 4.78 is 17.7. The van der Waals surface area contributed by atoms with Gasteiger partial charge in [-0.25, -0.2) is 4.79 Å². The second-order valence-corrected chi connectivity index (χ2v) is 9.12. The Hall–Kier alpha value is -1.53. The average molecular weight is 361 g/mol. The smallest absolute Gasteiger partial charge is 0.444 e. The summed E-state index contributed by atoms with van der Waals surface area (Å²) in [5.41, 5.74) is 1.92. The van der Waals surface area contributed by atoms with E-state index in [-0.39, 0.29) is 24.4 Å². The number of nitrogens with zero attached hydrogens (tertiary/aromatic N) is 1. The summed E-state index contributed by atoms with van der Waals surface area (Å²) in [6.45, 7) is 16.3. The van der Waals surface area contributed by atoms with Crippen LogP contribution in [0.2, 0.25) is 0 Å². The van der Waals surface area contributed by atoms with E-state index in [1.165, 1.54) is 0 Å². The number of carbonyl (C=O) groups excluding carboxylic acids is 1. The molecule has 5 nitrogen and oxygen atoms in total. The van der Waals surface area contributed by atoms with Gasteiger partial charge in [0.15, 0.2) is 0 Å². The molecule has 1 saturated heterocycles. The number of amides is 1. The van der Waals surface area contributed by atoms with Crippen LogP contribution < -0.4 is 5.46 Å². The monoisotopic (exact) mass is 361 g/mol. The number of hydrogen-bond donors (Lipinski definition) is 0. The zero-order chi connectivity index (χ0) is 19.9. The van der Waals surface area contributed by atoms with Gasteiger partial charge in [0.25, 0.3) is 0 Å². The molecular formula is C20H32BNO4. The van der Waals surface area contributed by atoms with Crippen LogP contribution in [0.3, 0.4) is 0 Å². The Kier molecular flexibility index (Phi) is 5.51. The van der Waals surface area contributed by atoms with E-state index in [1.54, 1.807) is 11.9 Å². The Balaban J connectivity index is 2.10. The first-order valence-electron chi connectivity index (χ1n) is 9.11. The Morgan fingerprint density at radius 3 is 2.15 bits per heavy atom. The summed E-state index contributed by atoms with van der Waals surface area (Å²) in [5, 5.41) is 0. The van der Waals surface area contributed by atoms with Gasteiger partial charge in [-0.3, -0.25) is 0 Å². The molecule has 0 spiro atoms. The minimum absolute atomic E-state index is 0.329. The Labute approximate surface area is 158 Å². The number of carbonyl (C=O) groups is 1. The molecule has 1 fully saturated rings. The van der Waals surface area contributed by atoms with E-state index in [2.05, 4.69) is 6.07 Å². The van der Waals surface area contributed by atoms with Crippen molar-refractivity contribution in [2.24, 2.45) is 0 Å². The molecule has 1 aromatic carbocycles. The molecule has 0 radical (unpaired) electrons. The molecule has 144 valence electrons. The van der Waals surface area contributed by atoms with E-state index in [1.807, 2.05) is 67.5 Å². The predicted molar refractivity (Wildman–Crippen MR) is 105 cm³/mol. The molecule has 1 amide bonds. The molecule has 26 heavy (non-hydrogen) atoms. The molecule has 6 heteroatoms. The van der Waals surface area contributed by atoms with Crippen molar-refractivity contribution < 1.29 is 18.8 Å². The van der Waals surface area contributed by atoms with Crippen LogP contribution in [0.4, 0.5) is 4.79 Å².